The van der Waals surface area contributed by atoms with Crippen molar-refractivity contribution in [1.82, 2.24) is 4.73 Å². The highest BCUT2D eigenvalue weighted by atomic mass is 16.5. The molecule has 1 aromatic heterocycles. The van der Waals surface area contributed by atoms with Gasteiger partial charge in [0.05, 0.1) is 5.52 Å². The van der Waals surface area contributed by atoms with Crippen LogP contribution in [0.3, 0.4) is 0 Å². The van der Waals surface area contributed by atoms with Crippen LogP contribution in [-0.4, -0.2) is 9.94 Å². The van der Waals surface area contributed by atoms with Crippen molar-refractivity contribution in [2.24, 2.45) is 0 Å². The molecule has 16 heavy (non-hydrogen) atoms. The molecule has 0 radical (unpaired) electrons. The highest BCUT2D eigenvalue weighted by Crippen LogP contribution is 2.23. The summed E-state index contributed by atoms with van der Waals surface area (Å²) in [7, 11) is 0. The molecule has 0 unspecified atom stereocenters. The number of nitrogens with zero attached hydrogens (tertiary/aromatic N) is 1. The summed E-state index contributed by atoms with van der Waals surface area (Å²) in [5.74, 6) is 0. The number of fused-ring (bicyclic) bond motifs is 3. The Kier molecular flexibility index (Phi) is 1.74. The van der Waals surface area contributed by atoms with E-state index >= 15 is 0 Å². The third-order valence-corrected chi connectivity index (χ3v) is 2.78. The SMILES string of the molecule is O=c1ccc2c3ccccc3ccc2n1O. The summed E-state index contributed by atoms with van der Waals surface area (Å²) in [5.41, 5.74) is 0.119. The van der Waals surface area contributed by atoms with Gasteiger partial charge in [-0.1, -0.05) is 30.3 Å². The molecule has 0 aliphatic carbocycles. The summed E-state index contributed by atoms with van der Waals surface area (Å²) in [6, 6.07) is 14.6. The molecule has 0 aliphatic heterocycles. The quantitative estimate of drug-likeness (QED) is 0.458. The molecule has 78 valence electrons. The van der Waals surface area contributed by atoms with Crippen molar-refractivity contribution in [3.63, 3.8) is 0 Å². The van der Waals surface area contributed by atoms with Gasteiger partial charge in [-0.25, -0.2) is 0 Å². The first kappa shape index (κ1) is 8.97. The van der Waals surface area contributed by atoms with E-state index in [-0.39, 0.29) is 0 Å². The Hall–Kier alpha value is -2.29. The molecule has 3 rings (SSSR count). The maximum absolute atomic E-state index is 11.3. The van der Waals surface area contributed by atoms with Crippen LogP contribution in [0.5, 0.6) is 0 Å². The number of aromatic nitrogens is 1. The van der Waals surface area contributed by atoms with Crippen LogP contribution < -0.4 is 5.56 Å². The van der Waals surface area contributed by atoms with E-state index in [1.54, 1.807) is 12.1 Å². The lowest BCUT2D eigenvalue weighted by atomic mass is 10.1. The van der Waals surface area contributed by atoms with Crippen LogP contribution in [0.4, 0.5) is 0 Å². The maximum Gasteiger partial charge on any atom is 0.283 e. The van der Waals surface area contributed by atoms with Crippen LogP contribution in [0.1, 0.15) is 0 Å². The number of hydrogen-bond donors (Lipinski definition) is 1. The Morgan fingerprint density at radius 2 is 1.69 bits per heavy atom. The second-order valence-electron chi connectivity index (χ2n) is 3.70. The van der Waals surface area contributed by atoms with E-state index in [2.05, 4.69) is 0 Å². The van der Waals surface area contributed by atoms with E-state index in [9.17, 15) is 10.0 Å². The third-order valence-electron chi connectivity index (χ3n) is 2.78. The molecule has 0 spiro atoms. The Bertz CT molecular complexity index is 744. The summed E-state index contributed by atoms with van der Waals surface area (Å²) in [5, 5.41) is 12.6. The highest BCUT2D eigenvalue weighted by Gasteiger charge is 2.04. The topological polar surface area (TPSA) is 42.2 Å². The second-order valence-corrected chi connectivity index (χ2v) is 3.70. The summed E-state index contributed by atoms with van der Waals surface area (Å²) in [6.07, 6.45) is 0. The fourth-order valence-electron chi connectivity index (χ4n) is 1.99. The molecule has 3 nitrogen and oxygen atoms in total. The molecule has 2 aromatic carbocycles. The van der Waals surface area contributed by atoms with E-state index in [0.29, 0.717) is 10.2 Å². The predicted molar refractivity (Wildman–Crippen MR) is 62.9 cm³/mol. The summed E-state index contributed by atoms with van der Waals surface area (Å²) < 4.78 is 0.682. The van der Waals surface area contributed by atoms with Crippen LogP contribution in [0.2, 0.25) is 0 Å². The van der Waals surface area contributed by atoms with Crippen LogP contribution in [0.15, 0.2) is 53.3 Å². The number of rotatable bonds is 0. The maximum atomic E-state index is 11.3. The number of hydrogen-bond acceptors (Lipinski definition) is 2. The van der Waals surface area contributed by atoms with Gasteiger partial charge >= 0.3 is 0 Å². The van der Waals surface area contributed by atoms with Gasteiger partial charge in [0.25, 0.3) is 5.56 Å². The fraction of sp³-hybridized carbons (Fsp3) is 0. The summed E-state index contributed by atoms with van der Waals surface area (Å²) in [4.78, 5) is 11.3. The molecule has 0 aliphatic rings. The van der Waals surface area contributed by atoms with Gasteiger partial charge in [-0.2, -0.15) is 0 Å². The highest BCUT2D eigenvalue weighted by molar-refractivity contribution is 6.05. The van der Waals surface area contributed by atoms with Crippen LogP contribution >= 0.6 is 0 Å². The monoisotopic (exact) mass is 211 g/mol. The lowest BCUT2D eigenvalue weighted by Gasteiger charge is -2.05. The average Bonchev–Trinajstić information content (AvgIpc) is 2.33. The number of benzene rings is 2. The molecule has 0 bridgehead atoms. The molecule has 1 N–H and O–H groups in total. The Morgan fingerprint density at radius 3 is 2.56 bits per heavy atom. The molecule has 1 heterocycles. The average molecular weight is 211 g/mol. The van der Waals surface area contributed by atoms with Crippen molar-refractivity contribution in [3.8, 4) is 0 Å². The molecule has 0 fully saturated rings. The molecule has 0 atom stereocenters. The van der Waals surface area contributed by atoms with Gasteiger partial charge in [0.15, 0.2) is 0 Å². The van der Waals surface area contributed by atoms with Crippen LogP contribution in [-0.2, 0) is 0 Å². The van der Waals surface area contributed by atoms with Crippen molar-refractivity contribution >= 4 is 21.7 Å². The van der Waals surface area contributed by atoms with Gasteiger partial charge in [-0.15, -0.1) is 4.73 Å². The molecule has 3 aromatic rings. The Labute approximate surface area is 91.1 Å². The zero-order valence-electron chi connectivity index (χ0n) is 8.42. The largest absolute Gasteiger partial charge is 0.425 e. The van der Waals surface area contributed by atoms with Crippen LogP contribution in [0, 0.1) is 0 Å². The van der Waals surface area contributed by atoms with Crippen molar-refractivity contribution in [3.05, 3.63) is 58.9 Å². The van der Waals surface area contributed by atoms with E-state index in [4.69, 9.17) is 0 Å². The van der Waals surface area contributed by atoms with E-state index in [1.165, 1.54) is 6.07 Å². The van der Waals surface area contributed by atoms with E-state index in [0.717, 1.165) is 16.2 Å². The van der Waals surface area contributed by atoms with Crippen molar-refractivity contribution in [2.75, 3.05) is 0 Å². The minimum Gasteiger partial charge on any atom is -0.425 e. The van der Waals surface area contributed by atoms with Crippen molar-refractivity contribution in [2.45, 2.75) is 0 Å². The van der Waals surface area contributed by atoms with Gasteiger partial charge in [0.2, 0.25) is 0 Å². The third kappa shape index (κ3) is 1.11. The van der Waals surface area contributed by atoms with Gasteiger partial charge < -0.3 is 5.21 Å². The molecule has 3 heteroatoms. The molecule has 0 saturated heterocycles. The van der Waals surface area contributed by atoms with Gasteiger partial charge in [0.1, 0.15) is 0 Å². The van der Waals surface area contributed by atoms with Crippen molar-refractivity contribution in [1.29, 1.82) is 0 Å². The Balaban J connectivity index is 2.63. The van der Waals surface area contributed by atoms with Crippen molar-refractivity contribution < 1.29 is 5.21 Å². The standard InChI is InChI=1S/C13H9NO2/c15-13-8-6-11-10-4-2-1-3-9(10)5-7-12(11)14(13)16/h1-8,16H. The number of pyridine rings is 1. The lowest BCUT2D eigenvalue weighted by Crippen LogP contribution is -2.16. The molecular formula is C13H9NO2. The van der Waals surface area contributed by atoms with E-state index < -0.39 is 5.56 Å². The first-order valence-corrected chi connectivity index (χ1v) is 5.00. The molecule has 0 saturated carbocycles. The van der Waals surface area contributed by atoms with Gasteiger partial charge in [-0.3, -0.25) is 4.79 Å². The first-order chi connectivity index (χ1) is 7.77. The minimum atomic E-state index is -0.414. The van der Waals surface area contributed by atoms with E-state index in [1.807, 2.05) is 30.3 Å². The lowest BCUT2D eigenvalue weighted by molar-refractivity contribution is 0.189. The second kappa shape index (κ2) is 3.10. The zero-order valence-corrected chi connectivity index (χ0v) is 8.42. The smallest absolute Gasteiger partial charge is 0.283 e. The molecular weight excluding hydrogens is 202 g/mol. The van der Waals surface area contributed by atoms with Gasteiger partial charge in [-0.05, 0) is 22.9 Å². The fourth-order valence-corrected chi connectivity index (χ4v) is 1.99. The zero-order chi connectivity index (χ0) is 11.1. The first-order valence-electron chi connectivity index (χ1n) is 5.00. The molecule has 0 amide bonds. The summed E-state index contributed by atoms with van der Waals surface area (Å²) >= 11 is 0. The minimum absolute atomic E-state index is 0.414. The Morgan fingerprint density at radius 1 is 0.875 bits per heavy atom. The van der Waals surface area contributed by atoms with Crippen LogP contribution in [0.25, 0.3) is 21.7 Å². The van der Waals surface area contributed by atoms with Gasteiger partial charge in [0, 0.05) is 11.5 Å². The summed E-state index contributed by atoms with van der Waals surface area (Å²) in [6.45, 7) is 0. The normalized spacial score (nSPS) is 11.0. The predicted octanol–water partition coefficient (Wildman–Crippen LogP) is 2.39.